The molecule has 1 aliphatic heterocycles. The van der Waals surface area contributed by atoms with Crippen molar-refractivity contribution < 1.29 is 33.5 Å². The van der Waals surface area contributed by atoms with Gasteiger partial charge in [-0.25, -0.2) is 0 Å². The van der Waals surface area contributed by atoms with Gasteiger partial charge in [0.2, 0.25) is 0 Å². The van der Waals surface area contributed by atoms with Crippen molar-refractivity contribution in [2.24, 2.45) is 23.7 Å². The van der Waals surface area contributed by atoms with E-state index in [0.717, 1.165) is 6.42 Å². The number of esters is 2. The van der Waals surface area contributed by atoms with E-state index in [1.165, 1.54) is 24.3 Å². The lowest BCUT2D eigenvalue weighted by molar-refractivity contribution is -0.384. The summed E-state index contributed by atoms with van der Waals surface area (Å²) in [6.45, 7) is 1.34. The Balaban J connectivity index is 1.21. The fourth-order valence-electron chi connectivity index (χ4n) is 5.31. The van der Waals surface area contributed by atoms with Gasteiger partial charge >= 0.3 is 11.9 Å². The van der Waals surface area contributed by atoms with Crippen molar-refractivity contribution in [2.75, 3.05) is 6.61 Å². The molecule has 1 saturated heterocycles. The van der Waals surface area contributed by atoms with Crippen LogP contribution in [0.3, 0.4) is 0 Å². The number of hydrogen-bond donors (Lipinski definition) is 0. The molecular formula is C24H20BrNO8. The van der Waals surface area contributed by atoms with Crippen molar-refractivity contribution in [1.29, 1.82) is 0 Å². The van der Waals surface area contributed by atoms with Crippen LogP contribution in [0.4, 0.5) is 5.69 Å². The van der Waals surface area contributed by atoms with E-state index in [0.29, 0.717) is 22.6 Å². The smallest absolute Gasteiger partial charge is 0.310 e. The molecule has 2 aromatic carbocycles. The van der Waals surface area contributed by atoms with Gasteiger partial charge in [-0.3, -0.25) is 24.5 Å². The molecule has 10 heteroatoms. The summed E-state index contributed by atoms with van der Waals surface area (Å²) in [4.78, 5) is 47.8. The standard InChI is InChI=1S/C24H20BrNO8/c1-11-8-12(2-7-18(11)33-14-5-3-13(4-6-14)26(30)31)17(27)10-32-23(28)19-15-9-16-20(19)24(29)34-22(16)21(15)25/h2-8,15-16,19-22H,9-10H2,1H3/t15-,16-,19-,20-,21-,22+/m1/s1. The van der Waals surface area contributed by atoms with Gasteiger partial charge in [-0.05, 0) is 55.2 Å². The SMILES string of the molecule is Cc1cc(C(=O)COC(=O)[C@@H]2[C@H]3C[C@H]4[C@H](OC(=O)[C@H]42)[C@@H]3Br)ccc1Oc1ccc([N+](=O)[O-])cc1. The number of ketones is 1. The van der Waals surface area contributed by atoms with Gasteiger partial charge in [0.25, 0.3) is 5.69 Å². The normalized spacial score (nSPS) is 28.5. The fourth-order valence-corrected chi connectivity index (χ4v) is 6.36. The molecule has 176 valence electrons. The molecule has 1 heterocycles. The maximum Gasteiger partial charge on any atom is 0.310 e. The predicted octanol–water partition coefficient (Wildman–Crippen LogP) is 3.99. The molecular weight excluding hydrogens is 510 g/mol. The van der Waals surface area contributed by atoms with Crippen LogP contribution in [0.15, 0.2) is 42.5 Å². The molecule has 2 aliphatic carbocycles. The lowest BCUT2D eigenvalue weighted by Crippen LogP contribution is -2.39. The maximum atomic E-state index is 12.8. The Hall–Kier alpha value is -3.27. The van der Waals surface area contributed by atoms with Crippen molar-refractivity contribution in [3.8, 4) is 11.5 Å². The van der Waals surface area contributed by atoms with Crippen LogP contribution in [0.5, 0.6) is 11.5 Å². The summed E-state index contributed by atoms with van der Waals surface area (Å²) in [6.07, 6.45) is 0.558. The minimum Gasteiger partial charge on any atom is -0.461 e. The number of aryl methyl sites for hydroxylation is 1. The number of nitrogens with zero attached hydrogens (tertiary/aromatic N) is 1. The first-order valence-corrected chi connectivity index (χ1v) is 11.7. The molecule has 3 fully saturated rings. The molecule has 0 radical (unpaired) electrons. The second kappa shape index (κ2) is 8.50. The van der Waals surface area contributed by atoms with E-state index in [2.05, 4.69) is 15.9 Å². The molecule has 5 rings (SSSR count). The van der Waals surface area contributed by atoms with Crippen LogP contribution < -0.4 is 4.74 Å². The molecule has 9 nitrogen and oxygen atoms in total. The lowest BCUT2D eigenvalue weighted by Gasteiger charge is -2.26. The highest BCUT2D eigenvalue weighted by Gasteiger charge is 2.68. The van der Waals surface area contributed by atoms with E-state index in [1.807, 2.05) is 0 Å². The number of hydrogen-bond acceptors (Lipinski definition) is 8. The van der Waals surface area contributed by atoms with Crippen LogP contribution in [0.2, 0.25) is 0 Å². The third kappa shape index (κ3) is 3.75. The Morgan fingerprint density at radius 2 is 1.91 bits per heavy atom. The maximum absolute atomic E-state index is 12.8. The molecule has 34 heavy (non-hydrogen) atoms. The zero-order valence-corrected chi connectivity index (χ0v) is 19.6. The van der Waals surface area contributed by atoms with Gasteiger partial charge in [-0.1, -0.05) is 15.9 Å². The largest absolute Gasteiger partial charge is 0.461 e. The van der Waals surface area contributed by atoms with Gasteiger partial charge in [0, 0.05) is 23.6 Å². The van der Waals surface area contributed by atoms with Gasteiger partial charge in [0.15, 0.2) is 12.4 Å². The highest BCUT2D eigenvalue weighted by atomic mass is 79.9. The van der Waals surface area contributed by atoms with Gasteiger partial charge in [-0.2, -0.15) is 0 Å². The molecule has 2 bridgehead atoms. The van der Waals surface area contributed by atoms with E-state index in [-0.39, 0.29) is 40.2 Å². The first kappa shape index (κ1) is 22.5. The molecule has 3 aliphatic rings. The van der Waals surface area contributed by atoms with Crippen molar-refractivity contribution in [2.45, 2.75) is 24.3 Å². The zero-order valence-electron chi connectivity index (χ0n) is 18.0. The van der Waals surface area contributed by atoms with Crippen LogP contribution >= 0.6 is 15.9 Å². The Morgan fingerprint density at radius 3 is 2.59 bits per heavy atom. The van der Waals surface area contributed by atoms with Gasteiger partial charge in [-0.15, -0.1) is 0 Å². The molecule has 0 spiro atoms. The third-order valence-corrected chi connectivity index (χ3v) is 8.11. The number of carbonyl (C=O) groups is 3. The summed E-state index contributed by atoms with van der Waals surface area (Å²) in [5.74, 6) is -1.43. The number of rotatable bonds is 7. The molecule has 0 N–H and O–H groups in total. The average Bonchev–Trinajstić information content (AvgIpc) is 3.43. The Bertz CT molecular complexity index is 1200. The van der Waals surface area contributed by atoms with E-state index in [1.54, 1.807) is 25.1 Å². The van der Waals surface area contributed by atoms with E-state index < -0.39 is 29.3 Å². The summed E-state index contributed by atoms with van der Waals surface area (Å²) >= 11 is 3.56. The second-order valence-electron chi connectivity index (χ2n) is 8.83. The van der Waals surface area contributed by atoms with Crippen LogP contribution in [0, 0.1) is 40.7 Å². The van der Waals surface area contributed by atoms with E-state index >= 15 is 0 Å². The molecule has 0 aromatic heterocycles. The number of ether oxygens (including phenoxy) is 3. The highest BCUT2D eigenvalue weighted by molar-refractivity contribution is 9.09. The van der Waals surface area contributed by atoms with Gasteiger partial charge in [0.05, 0.1) is 21.6 Å². The number of alkyl halides is 1. The predicted molar refractivity (Wildman–Crippen MR) is 121 cm³/mol. The van der Waals surface area contributed by atoms with Crippen LogP contribution in [0.1, 0.15) is 22.3 Å². The summed E-state index contributed by atoms with van der Waals surface area (Å²) in [5, 5.41) is 10.8. The Kier molecular flexibility index (Phi) is 5.63. The van der Waals surface area contributed by atoms with Crippen LogP contribution in [0.25, 0.3) is 0 Å². The quantitative estimate of drug-likeness (QED) is 0.173. The van der Waals surface area contributed by atoms with Crippen molar-refractivity contribution >= 4 is 39.3 Å². The summed E-state index contributed by atoms with van der Waals surface area (Å²) in [6, 6.07) is 10.5. The average molecular weight is 530 g/mol. The molecule has 6 atom stereocenters. The van der Waals surface area contributed by atoms with E-state index in [4.69, 9.17) is 14.2 Å². The fraction of sp³-hybridized carbons (Fsp3) is 0.375. The van der Waals surface area contributed by atoms with Crippen LogP contribution in [-0.2, 0) is 19.1 Å². The number of Topliss-reactive ketones (excluding diaryl/α,β-unsaturated/α-hetero) is 1. The summed E-state index contributed by atoms with van der Waals surface area (Å²) in [7, 11) is 0. The minimum atomic E-state index is -0.590. The third-order valence-electron chi connectivity index (χ3n) is 6.91. The highest BCUT2D eigenvalue weighted by Crippen LogP contribution is 2.60. The molecule has 0 amide bonds. The van der Waals surface area contributed by atoms with Crippen molar-refractivity contribution in [3.63, 3.8) is 0 Å². The summed E-state index contributed by atoms with van der Waals surface area (Å²) in [5.41, 5.74) is 0.986. The number of halogens is 1. The lowest BCUT2D eigenvalue weighted by atomic mass is 9.80. The van der Waals surface area contributed by atoms with Gasteiger partial charge in [0.1, 0.15) is 17.6 Å². The van der Waals surface area contributed by atoms with Gasteiger partial charge < -0.3 is 14.2 Å². The van der Waals surface area contributed by atoms with Crippen molar-refractivity contribution in [1.82, 2.24) is 0 Å². The Morgan fingerprint density at radius 1 is 1.18 bits per heavy atom. The van der Waals surface area contributed by atoms with Crippen molar-refractivity contribution in [3.05, 3.63) is 63.7 Å². The number of nitro benzene ring substituents is 1. The second-order valence-corrected chi connectivity index (χ2v) is 9.88. The number of non-ortho nitro benzene ring substituents is 1. The number of benzene rings is 2. The number of fused-ring (bicyclic) bond motifs is 1. The topological polar surface area (TPSA) is 122 Å². The summed E-state index contributed by atoms with van der Waals surface area (Å²) < 4.78 is 16.5. The number of nitro groups is 1. The van der Waals surface area contributed by atoms with E-state index in [9.17, 15) is 24.5 Å². The molecule has 2 saturated carbocycles. The Labute approximate surface area is 202 Å². The minimum absolute atomic E-state index is 0.0288. The zero-order chi connectivity index (χ0) is 24.1. The first-order valence-electron chi connectivity index (χ1n) is 10.8. The van der Waals surface area contributed by atoms with Crippen LogP contribution in [-0.4, -0.2) is 40.2 Å². The number of carbonyl (C=O) groups excluding carboxylic acids is 3. The molecule has 0 unspecified atom stereocenters. The first-order chi connectivity index (χ1) is 16.2. The monoisotopic (exact) mass is 529 g/mol. The molecule has 2 aromatic rings.